The molecule has 2 aromatic rings. The van der Waals surface area contributed by atoms with E-state index in [-0.39, 0.29) is 0 Å². The van der Waals surface area contributed by atoms with Gasteiger partial charge in [0, 0.05) is 23.5 Å². The molecule has 25 heavy (non-hydrogen) atoms. The third-order valence-electron chi connectivity index (χ3n) is 3.68. The Hall–Kier alpha value is -2.69. The van der Waals surface area contributed by atoms with Crippen molar-refractivity contribution < 1.29 is 0 Å². The molecule has 0 spiro atoms. The normalized spacial score (nSPS) is 12.5. The monoisotopic (exact) mass is 337 g/mol. The molecule has 0 aliphatic carbocycles. The number of rotatable bonds is 8. The first kappa shape index (κ1) is 18.6. The van der Waals surface area contributed by atoms with Crippen molar-refractivity contribution in [1.29, 1.82) is 0 Å². The summed E-state index contributed by atoms with van der Waals surface area (Å²) in [5.41, 5.74) is 4.84. The van der Waals surface area contributed by atoms with E-state index in [1.165, 1.54) is 0 Å². The zero-order chi connectivity index (χ0) is 18.2. The summed E-state index contributed by atoms with van der Waals surface area (Å²) in [6, 6.07) is 4.43. The highest BCUT2D eigenvalue weighted by Crippen LogP contribution is 2.21. The van der Waals surface area contributed by atoms with Crippen LogP contribution in [0.1, 0.15) is 40.5 Å². The third-order valence-corrected chi connectivity index (χ3v) is 3.68. The summed E-state index contributed by atoms with van der Waals surface area (Å²) >= 11 is 0. The Bertz CT molecular complexity index is 751. The van der Waals surface area contributed by atoms with E-state index < -0.39 is 0 Å². The lowest BCUT2D eigenvalue weighted by molar-refractivity contribution is 0.879. The van der Waals surface area contributed by atoms with Gasteiger partial charge in [0.25, 0.3) is 0 Å². The highest BCUT2D eigenvalue weighted by atomic mass is 15.3. The summed E-state index contributed by atoms with van der Waals surface area (Å²) in [4.78, 5) is 8.63. The lowest BCUT2D eigenvalue weighted by atomic mass is 10.2. The number of anilines is 1. The molecule has 5 nitrogen and oxygen atoms in total. The molecule has 5 heteroatoms. The highest BCUT2D eigenvalue weighted by Gasteiger charge is 2.06. The fourth-order valence-electron chi connectivity index (χ4n) is 2.49. The molecule has 0 bridgehead atoms. The van der Waals surface area contributed by atoms with Crippen molar-refractivity contribution in [2.24, 2.45) is 4.99 Å². The Kier molecular flexibility index (Phi) is 6.69. The Labute approximate surface area is 150 Å². The van der Waals surface area contributed by atoms with Gasteiger partial charge in [-0.1, -0.05) is 19.4 Å². The summed E-state index contributed by atoms with van der Waals surface area (Å²) in [6.45, 7) is 12.0. The quantitative estimate of drug-likeness (QED) is 0.544. The number of hydrogen-bond acceptors (Lipinski definition) is 4. The number of allylic oxidation sites excluding steroid dienone is 4. The molecule has 0 aliphatic heterocycles. The molecule has 0 amide bonds. The predicted octanol–water partition coefficient (Wildman–Crippen LogP) is 5.01. The summed E-state index contributed by atoms with van der Waals surface area (Å²) in [7, 11) is 0. The van der Waals surface area contributed by atoms with Crippen LogP contribution in [0.5, 0.6) is 0 Å². The van der Waals surface area contributed by atoms with Crippen molar-refractivity contribution in [3.8, 4) is 11.3 Å². The standard InChI is InChI=1S/C20H27N5/c1-6-8-17(21-5)11-19(7-2)25-14-16(12-23-25)20-10-9-18(13-22-20)24-15(3)4/h7,9-15,24H,5-6,8H2,1-4H3/b17-11-,19-7+. The third kappa shape index (κ3) is 5.14. The minimum absolute atomic E-state index is 0.384. The highest BCUT2D eigenvalue weighted by molar-refractivity contribution is 5.64. The second-order valence-corrected chi connectivity index (χ2v) is 6.16. The number of aromatic nitrogens is 3. The molecule has 2 rings (SSSR count). The van der Waals surface area contributed by atoms with E-state index >= 15 is 0 Å². The maximum atomic E-state index is 4.53. The van der Waals surface area contributed by atoms with Crippen molar-refractivity contribution in [2.75, 3.05) is 5.32 Å². The Morgan fingerprint density at radius 3 is 2.72 bits per heavy atom. The smallest absolute Gasteiger partial charge is 0.0735 e. The van der Waals surface area contributed by atoms with Gasteiger partial charge < -0.3 is 5.32 Å². The first-order valence-electron chi connectivity index (χ1n) is 8.69. The SMILES string of the molecule is C=N/C(=C\C(=C/C)n1cc(-c2ccc(NC(C)C)cn2)cn1)CCC. The molecule has 2 heterocycles. The van der Waals surface area contributed by atoms with Crippen LogP contribution >= 0.6 is 0 Å². The molecular weight excluding hydrogens is 310 g/mol. The second-order valence-electron chi connectivity index (χ2n) is 6.16. The van der Waals surface area contributed by atoms with Crippen molar-refractivity contribution >= 4 is 18.1 Å². The fourth-order valence-corrected chi connectivity index (χ4v) is 2.49. The summed E-state index contributed by atoms with van der Waals surface area (Å²) in [5.74, 6) is 0. The van der Waals surface area contributed by atoms with Crippen molar-refractivity contribution in [3.05, 3.63) is 48.6 Å². The van der Waals surface area contributed by atoms with Gasteiger partial charge in [0.2, 0.25) is 0 Å². The largest absolute Gasteiger partial charge is 0.382 e. The molecule has 0 saturated heterocycles. The van der Waals surface area contributed by atoms with Gasteiger partial charge in [-0.15, -0.1) is 0 Å². The molecule has 0 unspecified atom stereocenters. The summed E-state index contributed by atoms with van der Waals surface area (Å²) < 4.78 is 1.85. The number of nitrogens with zero attached hydrogens (tertiary/aromatic N) is 4. The van der Waals surface area contributed by atoms with E-state index in [2.05, 4.69) is 47.9 Å². The van der Waals surface area contributed by atoms with Crippen LogP contribution in [-0.2, 0) is 0 Å². The Balaban J connectivity index is 2.22. The lowest BCUT2D eigenvalue weighted by Crippen LogP contribution is -2.09. The molecule has 132 valence electrons. The van der Waals surface area contributed by atoms with Gasteiger partial charge in [-0.3, -0.25) is 9.98 Å². The predicted molar refractivity (Wildman–Crippen MR) is 107 cm³/mol. The number of aliphatic imine (C=N–C) groups is 1. The van der Waals surface area contributed by atoms with Crippen LogP contribution in [0.2, 0.25) is 0 Å². The molecule has 1 N–H and O–H groups in total. The molecule has 0 saturated carbocycles. The van der Waals surface area contributed by atoms with E-state index in [0.29, 0.717) is 6.04 Å². The minimum atomic E-state index is 0.384. The number of pyridine rings is 1. The first-order chi connectivity index (χ1) is 12.1. The molecule has 0 aromatic carbocycles. The van der Waals surface area contributed by atoms with E-state index in [1.807, 2.05) is 54.5 Å². The number of hydrogen-bond donors (Lipinski definition) is 1. The molecule has 2 aromatic heterocycles. The maximum absolute atomic E-state index is 4.53. The molecular formula is C20H27N5. The lowest BCUT2D eigenvalue weighted by Gasteiger charge is -2.09. The zero-order valence-corrected chi connectivity index (χ0v) is 15.5. The maximum Gasteiger partial charge on any atom is 0.0735 e. The Morgan fingerprint density at radius 1 is 1.36 bits per heavy atom. The summed E-state index contributed by atoms with van der Waals surface area (Å²) in [6.07, 6.45) is 11.6. The first-order valence-corrected chi connectivity index (χ1v) is 8.69. The second kappa shape index (κ2) is 8.97. The van der Waals surface area contributed by atoms with Crippen molar-refractivity contribution in [2.45, 2.75) is 46.6 Å². The van der Waals surface area contributed by atoms with Gasteiger partial charge in [0.05, 0.1) is 29.5 Å². The summed E-state index contributed by atoms with van der Waals surface area (Å²) in [5, 5.41) is 7.81. The molecule has 0 aliphatic rings. The van der Waals surface area contributed by atoms with Crippen molar-refractivity contribution in [3.63, 3.8) is 0 Å². The average molecular weight is 337 g/mol. The van der Waals surface area contributed by atoms with E-state index in [4.69, 9.17) is 0 Å². The van der Waals surface area contributed by atoms with Gasteiger partial charge in [0.1, 0.15) is 0 Å². The minimum Gasteiger partial charge on any atom is -0.382 e. The van der Waals surface area contributed by atoms with Crippen LogP contribution in [-0.4, -0.2) is 27.5 Å². The molecule has 0 fully saturated rings. The van der Waals surface area contributed by atoms with E-state index in [1.54, 1.807) is 0 Å². The molecule has 0 radical (unpaired) electrons. The fraction of sp³-hybridized carbons (Fsp3) is 0.350. The van der Waals surface area contributed by atoms with Crippen LogP contribution in [0.25, 0.3) is 17.0 Å². The van der Waals surface area contributed by atoms with Crippen LogP contribution in [0.4, 0.5) is 5.69 Å². The van der Waals surface area contributed by atoms with Gasteiger partial charge in [-0.25, -0.2) is 4.68 Å². The zero-order valence-electron chi connectivity index (χ0n) is 15.5. The van der Waals surface area contributed by atoms with E-state index in [0.717, 1.165) is 41.2 Å². The average Bonchev–Trinajstić information content (AvgIpc) is 3.08. The van der Waals surface area contributed by atoms with Crippen LogP contribution in [0.3, 0.4) is 0 Å². The van der Waals surface area contributed by atoms with Gasteiger partial charge in [0.15, 0.2) is 0 Å². The van der Waals surface area contributed by atoms with Crippen LogP contribution in [0, 0.1) is 0 Å². The van der Waals surface area contributed by atoms with E-state index in [9.17, 15) is 0 Å². The van der Waals surface area contributed by atoms with Gasteiger partial charge in [-0.05, 0) is 52.1 Å². The Morgan fingerprint density at radius 2 is 2.16 bits per heavy atom. The van der Waals surface area contributed by atoms with Gasteiger partial charge in [-0.2, -0.15) is 5.10 Å². The van der Waals surface area contributed by atoms with Crippen molar-refractivity contribution in [1.82, 2.24) is 14.8 Å². The van der Waals surface area contributed by atoms with Crippen LogP contribution < -0.4 is 5.32 Å². The van der Waals surface area contributed by atoms with Crippen LogP contribution in [0.15, 0.2) is 53.6 Å². The topological polar surface area (TPSA) is 55.1 Å². The molecule has 0 atom stereocenters. The van der Waals surface area contributed by atoms with Gasteiger partial charge >= 0.3 is 0 Å². The number of nitrogens with one attached hydrogen (secondary N) is 1.